The second-order valence-corrected chi connectivity index (χ2v) is 5.57. The van der Waals surface area contributed by atoms with Crippen LogP contribution in [0.5, 0.6) is 0 Å². The van der Waals surface area contributed by atoms with Crippen molar-refractivity contribution in [3.05, 3.63) is 59.1 Å². The number of fused-ring (bicyclic) bond motifs is 1. The maximum Gasteiger partial charge on any atom is 0.144 e. The van der Waals surface area contributed by atoms with Gasteiger partial charge in [-0.25, -0.2) is 9.37 Å². The van der Waals surface area contributed by atoms with Crippen LogP contribution in [0.15, 0.2) is 42.5 Å². The van der Waals surface area contributed by atoms with E-state index in [1.165, 1.54) is 6.07 Å². The molecule has 3 rings (SSSR count). The Balaban J connectivity index is 2.38. The molecule has 0 aliphatic heterocycles. The predicted molar refractivity (Wildman–Crippen MR) is 80.3 cm³/mol. The van der Waals surface area contributed by atoms with Crippen molar-refractivity contribution >= 4 is 34.2 Å². The van der Waals surface area contributed by atoms with Gasteiger partial charge in [0.1, 0.15) is 11.6 Å². The maximum absolute atomic E-state index is 13.6. The van der Waals surface area contributed by atoms with Crippen molar-refractivity contribution in [3.8, 4) is 5.69 Å². The number of rotatable bonds is 2. The summed E-state index contributed by atoms with van der Waals surface area (Å²) in [5.41, 5.74) is 2.20. The third-order valence-corrected chi connectivity index (χ3v) is 3.58. The van der Waals surface area contributed by atoms with Gasteiger partial charge in [0, 0.05) is 11.8 Å². The van der Waals surface area contributed by atoms with Gasteiger partial charge in [0.15, 0.2) is 0 Å². The SMILES string of the molecule is CC(Cl)c1nc2cc(F)c(Cl)cc2n1-c1ccccc1. The highest BCUT2D eigenvalue weighted by molar-refractivity contribution is 6.31. The van der Waals surface area contributed by atoms with Crippen LogP contribution in [-0.2, 0) is 0 Å². The highest BCUT2D eigenvalue weighted by Gasteiger charge is 2.17. The average molecular weight is 309 g/mol. The Hall–Kier alpha value is -1.58. The molecule has 0 fully saturated rings. The van der Waals surface area contributed by atoms with Gasteiger partial charge >= 0.3 is 0 Å². The van der Waals surface area contributed by atoms with Gasteiger partial charge < -0.3 is 0 Å². The summed E-state index contributed by atoms with van der Waals surface area (Å²) in [6.07, 6.45) is 0. The van der Waals surface area contributed by atoms with Gasteiger partial charge in [-0.1, -0.05) is 29.8 Å². The van der Waals surface area contributed by atoms with Crippen LogP contribution < -0.4 is 0 Å². The van der Waals surface area contributed by atoms with Crippen molar-refractivity contribution in [1.82, 2.24) is 9.55 Å². The summed E-state index contributed by atoms with van der Waals surface area (Å²) in [4.78, 5) is 4.42. The van der Waals surface area contributed by atoms with Gasteiger partial charge in [0.2, 0.25) is 0 Å². The van der Waals surface area contributed by atoms with Crippen LogP contribution in [0.3, 0.4) is 0 Å². The first kappa shape index (κ1) is 13.4. The minimum absolute atomic E-state index is 0.0726. The van der Waals surface area contributed by atoms with Gasteiger partial charge in [-0.3, -0.25) is 4.57 Å². The molecular weight excluding hydrogens is 298 g/mol. The smallest absolute Gasteiger partial charge is 0.144 e. The summed E-state index contributed by atoms with van der Waals surface area (Å²) in [6.45, 7) is 1.83. The zero-order valence-corrected chi connectivity index (χ0v) is 12.2. The van der Waals surface area contributed by atoms with Gasteiger partial charge in [0.25, 0.3) is 0 Å². The van der Waals surface area contributed by atoms with Crippen LogP contribution >= 0.6 is 23.2 Å². The molecule has 0 bridgehead atoms. The van der Waals surface area contributed by atoms with Crippen LogP contribution in [0.2, 0.25) is 5.02 Å². The number of para-hydroxylation sites is 1. The molecule has 0 N–H and O–H groups in total. The molecule has 20 heavy (non-hydrogen) atoms. The molecule has 1 heterocycles. The number of imidazole rings is 1. The molecule has 2 aromatic carbocycles. The largest absolute Gasteiger partial charge is 0.295 e. The van der Waals surface area contributed by atoms with E-state index < -0.39 is 5.82 Å². The van der Waals surface area contributed by atoms with Crippen molar-refractivity contribution < 1.29 is 4.39 Å². The number of benzene rings is 2. The molecule has 0 amide bonds. The summed E-state index contributed by atoms with van der Waals surface area (Å²) < 4.78 is 15.5. The minimum atomic E-state index is -0.481. The highest BCUT2D eigenvalue weighted by Crippen LogP contribution is 2.30. The molecule has 0 spiro atoms. The van der Waals surface area contributed by atoms with E-state index in [-0.39, 0.29) is 10.4 Å². The lowest BCUT2D eigenvalue weighted by Crippen LogP contribution is -2.01. The van der Waals surface area contributed by atoms with Gasteiger partial charge in [-0.2, -0.15) is 0 Å². The number of halogens is 3. The fraction of sp³-hybridized carbons (Fsp3) is 0.133. The number of aromatic nitrogens is 2. The molecule has 1 aromatic heterocycles. The standard InChI is InChI=1S/C15H11Cl2FN2/c1-9(16)15-19-13-8-12(18)11(17)7-14(13)20(15)10-5-3-2-4-6-10/h2-9H,1H3. The molecule has 0 aliphatic carbocycles. The van der Waals surface area contributed by atoms with E-state index in [2.05, 4.69) is 4.98 Å². The first-order chi connectivity index (χ1) is 9.58. The molecule has 1 unspecified atom stereocenters. The first-order valence-corrected chi connectivity index (χ1v) is 6.96. The van der Waals surface area contributed by atoms with Gasteiger partial charge in [-0.15, -0.1) is 11.6 Å². The van der Waals surface area contributed by atoms with Crippen molar-refractivity contribution in [2.75, 3.05) is 0 Å². The maximum atomic E-state index is 13.6. The fourth-order valence-corrected chi connectivity index (χ4v) is 2.51. The molecule has 0 saturated heterocycles. The lowest BCUT2D eigenvalue weighted by atomic mass is 10.2. The number of hydrogen-bond acceptors (Lipinski definition) is 1. The van der Waals surface area contributed by atoms with Crippen LogP contribution in [0.4, 0.5) is 4.39 Å². The van der Waals surface area contributed by atoms with Gasteiger partial charge in [-0.05, 0) is 25.1 Å². The summed E-state index contributed by atoms with van der Waals surface area (Å²) >= 11 is 12.1. The van der Waals surface area contributed by atoms with E-state index in [9.17, 15) is 4.39 Å². The normalized spacial score (nSPS) is 12.8. The monoisotopic (exact) mass is 308 g/mol. The van der Waals surface area contributed by atoms with Gasteiger partial charge in [0.05, 0.1) is 21.4 Å². The molecule has 0 aliphatic rings. The molecule has 2 nitrogen and oxygen atoms in total. The Kier molecular flexibility index (Phi) is 3.40. The lowest BCUT2D eigenvalue weighted by Gasteiger charge is -2.10. The molecule has 0 saturated carbocycles. The predicted octanol–water partition coefficient (Wildman–Crippen LogP) is 5.12. The number of hydrogen-bond donors (Lipinski definition) is 0. The van der Waals surface area contributed by atoms with Crippen LogP contribution in [0, 0.1) is 5.82 Å². The molecule has 3 aromatic rings. The van der Waals surface area contributed by atoms with E-state index in [1.54, 1.807) is 6.07 Å². The van der Waals surface area contributed by atoms with E-state index in [0.29, 0.717) is 11.3 Å². The summed E-state index contributed by atoms with van der Waals surface area (Å²) in [5.74, 6) is 0.181. The Morgan fingerprint density at radius 1 is 1.20 bits per heavy atom. The molecule has 5 heteroatoms. The van der Waals surface area contributed by atoms with Crippen molar-refractivity contribution in [1.29, 1.82) is 0 Å². The first-order valence-electron chi connectivity index (χ1n) is 6.15. The minimum Gasteiger partial charge on any atom is -0.295 e. The molecule has 0 radical (unpaired) electrons. The van der Waals surface area contributed by atoms with Crippen LogP contribution in [0.1, 0.15) is 18.1 Å². The lowest BCUT2D eigenvalue weighted by molar-refractivity contribution is 0.630. The van der Waals surface area contributed by atoms with Crippen molar-refractivity contribution in [2.45, 2.75) is 12.3 Å². The number of alkyl halides is 1. The second-order valence-electron chi connectivity index (χ2n) is 4.51. The Morgan fingerprint density at radius 2 is 1.90 bits per heavy atom. The zero-order valence-electron chi connectivity index (χ0n) is 10.6. The van der Waals surface area contributed by atoms with E-state index in [1.807, 2.05) is 41.8 Å². The quantitative estimate of drug-likeness (QED) is 0.601. The Labute approximate surface area is 125 Å². The molecule has 1 atom stereocenters. The van der Waals surface area contributed by atoms with E-state index >= 15 is 0 Å². The fourth-order valence-electron chi connectivity index (χ4n) is 2.21. The highest BCUT2D eigenvalue weighted by atomic mass is 35.5. The second kappa shape index (κ2) is 5.08. The molecular formula is C15H11Cl2FN2. The Morgan fingerprint density at radius 3 is 2.55 bits per heavy atom. The summed E-state index contributed by atoms with van der Waals surface area (Å²) in [7, 11) is 0. The Bertz CT molecular complexity index is 766. The summed E-state index contributed by atoms with van der Waals surface area (Å²) in [5, 5.41) is -0.229. The third-order valence-electron chi connectivity index (χ3n) is 3.09. The van der Waals surface area contributed by atoms with E-state index in [0.717, 1.165) is 11.2 Å². The average Bonchev–Trinajstić information content (AvgIpc) is 2.79. The summed E-state index contributed by atoms with van der Waals surface area (Å²) in [6, 6.07) is 12.6. The zero-order chi connectivity index (χ0) is 14.3. The third kappa shape index (κ3) is 2.17. The van der Waals surface area contributed by atoms with Crippen LogP contribution in [-0.4, -0.2) is 9.55 Å². The molecule has 102 valence electrons. The van der Waals surface area contributed by atoms with E-state index in [4.69, 9.17) is 23.2 Å². The topological polar surface area (TPSA) is 17.8 Å². The number of nitrogens with zero attached hydrogens (tertiary/aromatic N) is 2. The van der Waals surface area contributed by atoms with Crippen LogP contribution in [0.25, 0.3) is 16.7 Å². The van der Waals surface area contributed by atoms with Crippen molar-refractivity contribution in [3.63, 3.8) is 0 Å². The van der Waals surface area contributed by atoms with Crippen molar-refractivity contribution in [2.24, 2.45) is 0 Å².